The molecule has 0 saturated carbocycles. The fraction of sp³-hybridized carbons (Fsp3) is 0.240. The summed E-state index contributed by atoms with van der Waals surface area (Å²) < 4.78 is 4.87. The zero-order valence-electron chi connectivity index (χ0n) is 18.6. The quantitative estimate of drug-likeness (QED) is 0.454. The molecule has 0 unspecified atom stereocenters. The molecule has 1 aliphatic rings. The number of hydrogen-bond acceptors (Lipinski definition) is 6. The number of carbonyl (C=O) groups is 2. The molecule has 2 N–H and O–H groups in total. The smallest absolute Gasteiger partial charge is 0.337 e. The molecule has 0 aliphatic carbocycles. The summed E-state index contributed by atoms with van der Waals surface area (Å²) in [6.45, 7) is 3.55. The number of esters is 1. The van der Waals surface area contributed by atoms with E-state index < -0.39 is 5.97 Å². The van der Waals surface area contributed by atoms with Gasteiger partial charge in [-0.2, -0.15) is 0 Å². The molecular formula is C25H26N4O3S. The molecule has 3 aromatic rings. The van der Waals surface area contributed by atoms with Crippen LogP contribution in [0.15, 0.2) is 60.7 Å². The van der Waals surface area contributed by atoms with Crippen LogP contribution in [0.3, 0.4) is 0 Å². The zero-order chi connectivity index (χ0) is 23.4. The number of methoxy groups -OCH3 is 1. The fourth-order valence-electron chi connectivity index (χ4n) is 3.95. The van der Waals surface area contributed by atoms with Crippen molar-refractivity contribution in [2.75, 3.05) is 50.6 Å². The molecule has 8 heteroatoms. The number of nitrogens with one attached hydrogen (secondary N) is 2. The predicted molar refractivity (Wildman–Crippen MR) is 135 cm³/mol. The second-order valence-electron chi connectivity index (χ2n) is 7.95. The van der Waals surface area contributed by atoms with Gasteiger partial charge in [-0.05, 0) is 54.3 Å². The molecule has 1 fully saturated rings. The van der Waals surface area contributed by atoms with Crippen LogP contribution in [0.4, 0.5) is 11.4 Å². The Hall–Kier alpha value is -3.49. The summed E-state index contributed by atoms with van der Waals surface area (Å²) in [5.74, 6) is -0.733. The van der Waals surface area contributed by atoms with Crippen molar-refractivity contribution in [3.05, 3.63) is 71.8 Å². The molecule has 0 radical (unpaired) electrons. The number of piperazine rings is 1. The van der Waals surface area contributed by atoms with E-state index in [9.17, 15) is 9.59 Å². The van der Waals surface area contributed by atoms with Gasteiger partial charge in [0.25, 0.3) is 5.91 Å². The number of carbonyl (C=O) groups excluding carboxylic acids is 2. The fourth-order valence-corrected chi connectivity index (χ4v) is 4.15. The lowest BCUT2D eigenvalue weighted by atomic mass is 10.0. The number of ether oxygens (including phenoxy) is 1. The van der Waals surface area contributed by atoms with Gasteiger partial charge in [0.15, 0.2) is 5.11 Å². The van der Waals surface area contributed by atoms with E-state index in [1.165, 1.54) is 7.11 Å². The molecular weight excluding hydrogens is 436 g/mol. The van der Waals surface area contributed by atoms with Crippen molar-refractivity contribution in [2.24, 2.45) is 0 Å². The Morgan fingerprint density at radius 2 is 1.70 bits per heavy atom. The molecule has 1 saturated heterocycles. The summed E-state index contributed by atoms with van der Waals surface area (Å²) in [7, 11) is 3.44. The SMILES string of the molecule is COC(=O)c1ccc(N2CCN(C)CC2)c(NC(=S)NC(=O)c2cccc3ccccc23)c1. The number of thiocarbonyl (C=S) groups is 1. The highest BCUT2D eigenvalue weighted by atomic mass is 32.1. The molecule has 3 aromatic carbocycles. The van der Waals surface area contributed by atoms with Crippen LogP contribution in [0.5, 0.6) is 0 Å². The van der Waals surface area contributed by atoms with Gasteiger partial charge in [-0.15, -0.1) is 0 Å². The third-order valence-corrected chi connectivity index (χ3v) is 5.98. The number of rotatable bonds is 4. The van der Waals surface area contributed by atoms with Crippen molar-refractivity contribution in [1.82, 2.24) is 10.2 Å². The van der Waals surface area contributed by atoms with Crippen LogP contribution in [-0.2, 0) is 4.74 Å². The van der Waals surface area contributed by atoms with Crippen LogP contribution in [0.2, 0.25) is 0 Å². The molecule has 0 atom stereocenters. The van der Waals surface area contributed by atoms with Crippen molar-refractivity contribution in [1.29, 1.82) is 0 Å². The van der Waals surface area contributed by atoms with E-state index in [0.717, 1.165) is 42.6 Å². The van der Waals surface area contributed by atoms with Crippen LogP contribution in [0.1, 0.15) is 20.7 Å². The van der Waals surface area contributed by atoms with E-state index in [1.807, 2.05) is 42.5 Å². The van der Waals surface area contributed by atoms with Gasteiger partial charge >= 0.3 is 5.97 Å². The van der Waals surface area contributed by atoms with Gasteiger partial charge in [0.1, 0.15) is 0 Å². The minimum atomic E-state index is -0.436. The van der Waals surface area contributed by atoms with Gasteiger partial charge < -0.3 is 19.9 Å². The monoisotopic (exact) mass is 462 g/mol. The van der Waals surface area contributed by atoms with Gasteiger partial charge in [0.2, 0.25) is 0 Å². The van der Waals surface area contributed by atoms with Crippen LogP contribution < -0.4 is 15.5 Å². The lowest BCUT2D eigenvalue weighted by Crippen LogP contribution is -2.45. The van der Waals surface area contributed by atoms with E-state index in [-0.39, 0.29) is 11.0 Å². The minimum absolute atomic E-state index is 0.158. The maximum Gasteiger partial charge on any atom is 0.337 e. The van der Waals surface area contributed by atoms with Crippen LogP contribution in [0.25, 0.3) is 10.8 Å². The molecule has 170 valence electrons. The van der Waals surface area contributed by atoms with E-state index >= 15 is 0 Å². The van der Waals surface area contributed by atoms with Gasteiger partial charge in [-0.25, -0.2) is 4.79 Å². The number of benzene rings is 3. The summed E-state index contributed by atoms with van der Waals surface area (Å²) in [4.78, 5) is 29.6. The van der Waals surface area contributed by atoms with Gasteiger partial charge in [-0.1, -0.05) is 36.4 Å². The van der Waals surface area contributed by atoms with Crippen molar-refractivity contribution in [2.45, 2.75) is 0 Å². The van der Waals surface area contributed by atoms with Crippen molar-refractivity contribution >= 4 is 51.4 Å². The maximum atomic E-state index is 13.0. The van der Waals surface area contributed by atoms with Crippen molar-refractivity contribution in [3.63, 3.8) is 0 Å². The van der Waals surface area contributed by atoms with Crippen LogP contribution in [-0.4, -0.2) is 62.2 Å². The lowest BCUT2D eigenvalue weighted by molar-refractivity contribution is 0.0600. The normalized spacial score (nSPS) is 14.1. The number of anilines is 2. The highest BCUT2D eigenvalue weighted by Crippen LogP contribution is 2.29. The molecule has 1 amide bonds. The first-order chi connectivity index (χ1) is 16.0. The second kappa shape index (κ2) is 9.97. The van der Waals surface area contributed by atoms with Gasteiger partial charge in [0.05, 0.1) is 24.0 Å². The summed E-state index contributed by atoms with van der Waals surface area (Å²) >= 11 is 5.47. The van der Waals surface area contributed by atoms with Gasteiger partial charge in [-0.3, -0.25) is 10.1 Å². The maximum absolute atomic E-state index is 13.0. The number of hydrogen-bond donors (Lipinski definition) is 2. The molecule has 0 aromatic heterocycles. The summed E-state index contributed by atoms with van der Waals surface area (Å²) in [6.07, 6.45) is 0. The number of amides is 1. The third kappa shape index (κ3) is 5.13. The number of fused-ring (bicyclic) bond motifs is 1. The van der Waals surface area contributed by atoms with Crippen LogP contribution >= 0.6 is 12.2 Å². The lowest BCUT2D eigenvalue weighted by Gasteiger charge is -2.35. The zero-order valence-corrected chi connectivity index (χ0v) is 19.4. The molecule has 7 nitrogen and oxygen atoms in total. The van der Waals surface area contributed by atoms with E-state index in [4.69, 9.17) is 17.0 Å². The molecule has 0 spiro atoms. The second-order valence-corrected chi connectivity index (χ2v) is 8.36. The molecule has 1 aliphatic heterocycles. The largest absolute Gasteiger partial charge is 0.465 e. The Morgan fingerprint density at radius 1 is 0.970 bits per heavy atom. The average molecular weight is 463 g/mol. The third-order valence-electron chi connectivity index (χ3n) is 5.77. The molecule has 4 rings (SSSR count). The number of likely N-dealkylation sites (N-methyl/N-ethyl adjacent to an activating group) is 1. The van der Waals surface area contributed by atoms with E-state index in [0.29, 0.717) is 16.8 Å². The Balaban J connectivity index is 1.56. The van der Waals surface area contributed by atoms with Gasteiger partial charge in [0, 0.05) is 31.7 Å². The summed E-state index contributed by atoms with van der Waals surface area (Å²) in [5.41, 5.74) is 2.50. The van der Waals surface area contributed by atoms with Crippen molar-refractivity contribution < 1.29 is 14.3 Å². The standard InChI is InChI=1S/C25H26N4O3S/c1-28-12-14-29(15-13-28)22-11-10-18(24(31)32-2)16-21(22)26-25(33)27-23(30)20-9-5-7-17-6-3-4-8-19(17)20/h3-11,16H,12-15H2,1-2H3,(H2,26,27,30,33). The topological polar surface area (TPSA) is 73.9 Å². The molecule has 0 bridgehead atoms. The Kier molecular flexibility index (Phi) is 6.86. The minimum Gasteiger partial charge on any atom is -0.465 e. The molecule has 33 heavy (non-hydrogen) atoms. The summed E-state index contributed by atoms with van der Waals surface area (Å²) in [6, 6.07) is 18.6. The Bertz CT molecular complexity index is 1200. The highest BCUT2D eigenvalue weighted by Gasteiger charge is 2.20. The summed E-state index contributed by atoms with van der Waals surface area (Å²) in [5, 5.41) is 7.89. The van der Waals surface area contributed by atoms with Crippen molar-refractivity contribution in [3.8, 4) is 0 Å². The predicted octanol–water partition coefficient (Wildman–Crippen LogP) is 3.51. The Morgan fingerprint density at radius 3 is 2.45 bits per heavy atom. The molecule has 1 heterocycles. The first kappa shape index (κ1) is 22.7. The first-order valence-corrected chi connectivity index (χ1v) is 11.1. The first-order valence-electron chi connectivity index (χ1n) is 10.7. The van der Waals surface area contributed by atoms with Crippen LogP contribution in [0, 0.1) is 0 Å². The Labute approximate surface area is 198 Å². The highest BCUT2D eigenvalue weighted by molar-refractivity contribution is 7.80. The van der Waals surface area contributed by atoms with E-state index in [2.05, 4.69) is 27.5 Å². The number of nitrogens with zero attached hydrogens (tertiary/aromatic N) is 2. The van der Waals surface area contributed by atoms with E-state index in [1.54, 1.807) is 18.2 Å². The average Bonchev–Trinajstić information content (AvgIpc) is 2.83.